The monoisotopic (exact) mass is 481 g/mol. The zero-order valence-electron chi connectivity index (χ0n) is 19.1. The Kier molecular flexibility index (Phi) is 8.92. The van der Waals surface area contributed by atoms with Crippen LogP contribution >= 0.6 is 0 Å². The molecule has 0 spiro atoms. The maximum atomic E-state index is 13.7. The summed E-state index contributed by atoms with van der Waals surface area (Å²) in [5.41, 5.74) is 0.550. The van der Waals surface area contributed by atoms with Gasteiger partial charge in [0, 0.05) is 13.1 Å². The van der Waals surface area contributed by atoms with E-state index in [1.165, 1.54) is 48.2 Å². The van der Waals surface area contributed by atoms with Gasteiger partial charge in [-0.05, 0) is 48.7 Å². The van der Waals surface area contributed by atoms with Gasteiger partial charge in [0.15, 0.2) is 0 Å². The van der Waals surface area contributed by atoms with Gasteiger partial charge < -0.3 is 10.2 Å². The summed E-state index contributed by atoms with van der Waals surface area (Å²) in [5.74, 6) is -1.99. The van der Waals surface area contributed by atoms with Crippen molar-refractivity contribution in [2.75, 3.05) is 23.7 Å². The molecule has 2 aromatic carbocycles. The number of amides is 2. The number of nitrogens with one attached hydrogen (secondary N) is 1. The molecule has 1 atom stereocenters. The van der Waals surface area contributed by atoms with Gasteiger partial charge in [0.05, 0.1) is 11.9 Å². The Labute approximate surface area is 193 Å². The van der Waals surface area contributed by atoms with Crippen molar-refractivity contribution in [1.82, 2.24) is 10.2 Å². The van der Waals surface area contributed by atoms with Crippen LogP contribution in [0.25, 0.3) is 0 Å². The van der Waals surface area contributed by atoms with Crippen molar-refractivity contribution in [2.45, 2.75) is 33.4 Å². The fraction of sp³-hybridized carbons (Fsp3) is 0.391. The molecule has 0 unspecified atom stereocenters. The van der Waals surface area contributed by atoms with E-state index in [4.69, 9.17) is 0 Å². The van der Waals surface area contributed by atoms with E-state index in [-0.39, 0.29) is 18.2 Å². The third kappa shape index (κ3) is 7.81. The molecule has 0 aromatic heterocycles. The predicted octanol–water partition coefficient (Wildman–Crippen LogP) is 2.92. The van der Waals surface area contributed by atoms with Gasteiger partial charge in [-0.1, -0.05) is 32.0 Å². The summed E-state index contributed by atoms with van der Waals surface area (Å²) in [6.07, 6.45) is 0.911. The topological polar surface area (TPSA) is 86.8 Å². The average Bonchev–Trinajstić information content (AvgIpc) is 2.73. The van der Waals surface area contributed by atoms with Crippen LogP contribution in [0.2, 0.25) is 0 Å². The maximum absolute atomic E-state index is 13.7. The highest BCUT2D eigenvalue weighted by Gasteiger charge is 2.30. The molecule has 0 aliphatic carbocycles. The molecule has 7 nitrogen and oxygen atoms in total. The molecule has 180 valence electrons. The molecule has 0 fully saturated rings. The van der Waals surface area contributed by atoms with E-state index >= 15 is 0 Å². The van der Waals surface area contributed by atoms with Crippen LogP contribution in [0.4, 0.5) is 14.5 Å². The number of carbonyl (C=O) groups excluding carboxylic acids is 2. The number of anilines is 1. The summed E-state index contributed by atoms with van der Waals surface area (Å²) in [7, 11) is -3.94. The van der Waals surface area contributed by atoms with Crippen LogP contribution in [-0.2, 0) is 26.2 Å². The Hall–Kier alpha value is -3.01. The van der Waals surface area contributed by atoms with E-state index in [2.05, 4.69) is 5.32 Å². The van der Waals surface area contributed by atoms with Crippen LogP contribution in [0.1, 0.15) is 26.3 Å². The number of halogens is 2. The summed E-state index contributed by atoms with van der Waals surface area (Å²) in [6, 6.07) is 9.38. The largest absolute Gasteiger partial charge is 0.354 e. The van der Waals surface area contributed by atoms with Crippen LogP contribution in [0.15, 0.2) is 48.5 Å². The highest BCUT2D eigenvalue weighted by Crippen LogP contribution is 2.20. The standard InChI is InChI=1S/C23H29F2N3O4S/c1-16(2)13-26-23(30)17(3)27(14-18-8-10-19(24)11-9-18)22(29)15-28(33(4,31)32)21-7-5-6-20(25)12-21/h5-12,16-17H,13-15H2,1-4H3,(H,26,30)/t17-/m0/s1. The van der Waals surface area contributed by atoms with E-state index < -0.39 is 46.1 Å². The van der Waals surface area contributed by atoms with Crippen LogP contribution < -0.4 is 9.62 Å². The second-order valence-electron chi connectivity index (χ2n) is 8.21. The third-order valence-corrected chi connectivity index (χ3v) is 6.03. The Balaban J connectivity index is 2.35. The number of sulfonamides is 1. The molecule has 0 saturated heterocycles. The zero-order valence-corrected chi connectivity index (χ0v) is 19.9. The molecular weight excluding hydrogens is 452 g/mol. The van der Waals surface area contributed by atoms with Gasteiger partial charge in [-0.2, -0.15) is 0 Å². The Bertz CT molecular complexity index is 1080. The van der Waals surface area contributed by atoms with Crippen LogP contribution in [0, 0.1) is 17.6 Å². The molecule has 0 aliphatic rings. The Morgan fingerprint density at radius 2 is 1.64 bits per heavy atom. The van der Waals surface area contributed by atoms with Gasteiger partial charge in [-0.3, -0.25) is 13.9 Å². The van der Waals surface area contributed by atoms with Crippen LogP contribution in [-0.4, -0.2) is 50.5 Å². The second-order valence-corrected chi connectivity index (χ2v) is 10.1. The normalized spacial score (nSPS) is 12.3. The van der Waals surface area contributed by atoms with Crippen molar-refractivity contribution in [2.24, 2.45) is 5.92 Å². The lowest BCUT2D eigenvalue weighted by atomic mass is 10.1. The van der Waals surface area contributed by atoms with E-state index in [0.717, 1.165) is 22.7 Å². The number of hydrogen-bond acceptors (Lipinski definition) is 4. The highest BCUT2D eigenvalue weighted by atomic mass is 32.2. The first-order valence-corrected chi connectivity index (χ1v) is 12.3. The quantitative estimate of drug-likeness (QED) is 0.565. The van der Waals surface area contributed by atoms with Crippen molar-refractivity contribution in [1.29, 1.82) is 0 Å². The number of carbonyl (C=O) groups is 2. The minimum absolute atomic E-state index is 0.00973. The molecule has 0 radical (unpaired) electrons. The smallest absolute Gasteiger partial charge is 0.244 e. The van der Waals surface area contributed by atoms with E-state index in [0.29, 0.717) is 12.1 Å². The molecule has 1 N–H and O–H groups in total. The molecule has 10 heteroatoms. The maximum Gasteiger partial charge on any atom is 0.244 e. The average molecular weight is 482 g/mol. The summed E-state index contributed by atoms with van der Waals surface area (Å²) < 4.78 is 52.6. The number of hydrogen-bond donors (Lipinski definition) is 1. The van der Waals surface area contributed by atoms with Gasteiger partial charge in [-0.15, -0.1) is 0 Å². The molecule has 0 aliphatic heterocycles. The first-order chi connectivity index (χ1) is 15.4. The van der Waals surface area contributed by atoms with Gasteiger partial charge in [0.25, 0.3) is 0 Å². The summed E-state index contributed by atoms with van der Waals surface area (Å²) in [4.78, 5) is 27.2. The minimum atomic E-state index is -3.94. The van der Waals surface area contributed by atoms with Crippen molar-refractivity contribution in [3.63, 3.8) is 0 Å². The third-order valence-electron chi connectivity index (χ3n) is 4.89. The first kappa shape index (κ1) is 26.2. The molecule has 0 bridgehead atoms. The van der Waals surface area contributed by atoms with Crippen LogP contribution in [0.5, 0.6) is 0 Å². The van der Waals surface area contributed by atoms with Gasteiger partial charge in [0.2, 0.25) is 21.8 Å². The van der Waals surface area contributed by atoms with E-state index in [9.17, 15) is 26.8 Å². The fourth-order valence-corrected chi connectivity index (χ4v) is 3.91. The number of rotatable bonds is 10. The highest BCUT2D eigenvalue weighted by molar-refractivity contribution is 7.92. The Morgan fingerprint density at radius 3 is 2.18 bits per heavy atom. The van der Waals surface area contributed by atoms with Gasteiger partial charge in [0.1, 0.15) is 24.2 Å². The van der Waals surface area contributed by atoms with E-state index in [1.807, 2.05) is 13.8 Å². The molecule has 33 heavy (non-hydrogen) atoms. The zero-order chi connectivity index (χ0) is 24.8. The molecular formula is C23H29F2N3O4S. The van der Waals surface area contributed by atoms with Gasteiger partial charge >= 0.3 is 0 Å². The lowest BCUT2D eigenvalue weighted by molar-refractivity contribution is -0.139. The van der Waals surface area contributed by atoms with Crippen molar-refractivity contribution in [3.05, 3.63) is 65.7 Å². The van der Waals surface area contributed by atoms with E-state index in [1.54, 1.807) is 0 Å². The van der Waals surface area contributed by atoms with Crippen molar-refractivity contribution >= 4 is 27.5 Å². The molecule has 2 amide bonds. The van der Waals surface area contributed by atoms with Crippen LogP contribution in [0.3, 0.4) is 0 Å². The second kappa shape index (κ2) is 11.2. The molecule has 2 rings (SSSR count). The lowest BCUT2D eigenvalue weighted by Gasteiger charge is -2.31. The molecule has 2 aromatic rings. The lowest BCUT2D eigenvalue weighted by Crippen LogP contribution is -2.51. The van der Waals surface area contributed by atoms with Gasteiger partial charge in [-0.25, -0.2) is 17.2 Å². The first-order valence-electron chi connectivity index (χ1n) is 10.4. The summed E-state index contributed by atoms with van der Waals surface area (Å²) in [5, 5.41) is 2.76. The number of benzene rings is 2. The minimum Gasteiger partial charge on any atom is -0.354 e. The number of nitrogens with zero attached hydrogens (tertiary/aromatic N) is 2. The fourth-order valence-electron chi connectivity index (χ4n) is 3.07. The predicted molar refractivity (Wildman–Crippen MR) is 123 cm³/mol. The summed E-state index contributed by atoms with van der Waals surface area (Å²) in [6.45, 7) is 5.11. The summed E-state index contributed by atoms with van der Waals surface area (Å²) >= 11 is 0. The van der Waals surface area contributed by atoms with Crippen molar-refractivity contribution < 1.29 is 26.8 Å². The SMILES string of the molecule is CC(C)CNC(=O)[C@H](C)N(Cc1ccc(F)cc1)C(=O)CN(c1cccc(F)c1)S(C)(=O)=O. The Morgan fingerprint density at radius 1 is 1.00 bits per heavy atom. The van der Waals surface area contributed by atoms with Crippen molar-refractivity contribution in [3.8, 4) is 0 Å². The molecule has 0 heterocycles. The molecule has 0 saturated carbocycles.